The molecule has 0 aliphatic heterocycles. The van der Waals surface area contributed by atoms with Crippen molar-refractivity contribution in [2.45, 2.75) is 382 Å². The summed E-state index contributed by atoms with van der Waals surface area (Å²) in [5, 5.41) is 10.6. The summed E-state index contributed by atoms with van der Waals surface area (Å²) in [6.07, 6.45) is 45.9. The zero-order chi connectivity index (χ0) is 68.2. The van der Waals surface area contributed by atoms with Gasteiger partial charge in [0.25, 0.3) is 0 Å². The van der Waals surface area contributed by atoms with Crippen LogP contribution in [0.4, 0.5) is 0 Å². The number of aliphatic hydroxyl groups is 1. The van der Waals surface area contributed by atoms with Gasteiger partial charge in [-0.15, -0.1) is 0 Å². The summed E-state index contributed by atoms with van der Waals surface area (Å²) >= 11 is 0. The zero-order valence-electron chi connectivity index (χ0n) is 60.2. The van der Waals surface area contributed by atoms with Crippen molar-refractivity contribution < 1.29 is 80.2 Å². The van der Waals surface area contributed by atoms with Crippen LogP contribution in [0.1, 0.15) is 364 Å². The van der Waals surface area contributed by atoms with Crippen LogP contribution in [0.25, 0.3) is 0 Å². The van der Waals surface area contributed by atoms with E-state index in [9.17, 15) is 43.2 Å². The van der Waals surface area contributed by atoms with Gasteiger partial charge >= 0.3 is 39.5 Å². The minimum atomic E-state index is -4.95. The van der Waals surface area contributed by atoms with Gasteiger partial charge in [-0.3, -0.25) is 37.3 Å². The standard InChI is InChI=1S/C73H142O17P2/c1-63(2)49-41-33-25-18-13-11-9-10-12-14-22-30-39-47-55-72(77)89-69(60-84-71(76)54-46-38-32-24-28-36-44-52-66(7)8)62-88-92(81,82)86-58-67(74)57-85-91(79,80)87-61-68(90-73(78)56-48-40-31-23-17-20-27-35-43-51-65(5)6)59-83-70(75)53-45-37-29-21-16-15-19-26-34-42-50-64(3)4/h63-69,74H,9-62H2,1-8H3,(H,79,80)(H,81,82)/t67?,68-,69-/m1/s1. The van der Waals surface area contributed by atoms with Gasteiger partial charge in [0, 0.05) is 25.7 Å². The summed E-state index contributed by atoms with van der Waals surface area (Å²) in [6, 6.07) is 0. The maximum Gasteiger partial charge on any atom is 0.472 e. The van der Waals surface area contributed by atoms with Gasteiger partial charge in [-0.2, -0.15) is 0 Å². The number of ether oxygens (including phenoxy) is 4. The summed E-state index contributed by atoms with van der Waals surface area (Å²) in [6.45, 7) is 14.1. The van der Waals surface area contributed by atoms with Crippen molar-refractivity contribution in [3.8, 4) is 0 Å². The van der Waals surface area contributed by atoms with Gasteiger partial charge in [0.05, 0.1) is 26.4 Å². The molecular formula is C73H142O17P2. The maximum atomic E-state index is 13.0. The van der Waals surface area contributed by atoms with E-state index in [1.165, 1.54) is 161 Å². The van der Waals surface area contributed by atoms with Crippen molar-refractivity contribution >= 4 is 39.5 Å². The molecule has 0 aromatic rings. The van der Waals surface area contributed by atoms with E-state index in [2.05, 4.69) is 55.4 Å². The van der Waals surface area contributed by atoms with Gasteiger partial charge in [0.1, 0.15) is 19.3 Å². The Balaban J connectivity index is 5.24. The first-order chi connectivity index (χ1) is 44.1. The molecule has 0 fully saturated rings. The van der Waals surface area contributed by atoms with Crippen molar-refractivity contribution in [3.63, 3.8) is 0 Å². The fourth-order valence-electron chi connectivity index (χ4n) is 11.0. The predicted octanol–water partition coefficient (Wildman–Crippen LogP) is 20.9. The van der Waals surface area contributed by atoms with E-state index in [0.717, 1.165) is 114 Å². The molecule has 0 heterocycles. The topological polar surface area (TPSA) is 237 Å². The lowest BCUT2D eigenvalue weighted by molar-refractivity contribution is -0.161. The Bertz CT molecular complexity index is 1820. The van der Waals surface area contributed by atoms with Crippen LogP contribution in [-0.2, 0) is 65.4 Å². The number of esters is 4. The highest BCUT2D eigenvalue weighted by molar-refractivity contribution is 7.47. The first-order valence-electron chi connectivity index (χ1n) is 37.7. The third-order valence-electron chi connectivity index (χ3n) is 16.8. The van der Waals surface area contributed by atoms with Crippen LogP contribution in [0.15, 0.2) is 0 Å². The second-order valence-electron chi connectivity index (χ2n) is 28.2. The molecule has 3 N–H and O–H groups in total. The second-order valence-corrected chi connectivity index (χ2v) is 31.1. The van der Waals surface area contributed by atoms with Crippen LogP contribution in [0.5, 0.6) is 0 Å². The molecule has 0 saturated heterocycles. The summed E-state index contributed by atoms with van der Waals surface area (Å²) in [5.41, 5.74) is 0. The number of unbranched alkanes of at least 4 members (excludes halogenated alkanes) is 36. The molecule has 17 nitrogen and oxygen atoms in total. The van der Waals surface area contributed by atoms with Crippen LogP contribution >= 0.6 is 15.6 Å². The van der Waals surface area contributed by atoms with E-state index < -0.39 is 97.5 Å². The number of phosphoric acid groups is 2. The van der Waals surface area contributed by atoms with Crippen LogP contribution in [-0.4, -0.2) is 96.7 Å². The van der Waals surface area contributed by atoms with Crippen molar-refractivity contribution in [2.75, 3.05) is 39.6 Å². The molecule has 3 unspecified atom stereocenters. The van der Waals surface area contributed by atoms with Crippen LogP contribution in [0.3, 0.4) is 0 Å². The van der Waals surface area contributed by atoms with Gasteiger partial charge < -0.3 is 33.8 Å². The van der Waals surface area contributed by atoms with Gasteiger partial charge in [0.2, 0.25) is 0 Å². The molecule has 0 radical (unpaired) electrons. The lowest BCUT2D eigenvalue weighted by atomic mass is 10.0. The minimum absolute atomic E-state index is 0.105. The Morgan fingerprint density at radius 3 is 0.674 bits per heavy atom. The number of hydrogen-bond acceptors (Lipinski definition) is 15. The van der Waals surface area contributed by atoms with Crippen molar-refractivity contribution in [1.82, 2.24) is 0 Å². The molecule has 5 atom stereocenters. The predicted molar refractivity (Wildman–Crippen MR) is 372 cm³/mol. The van der Waals surface area contributed by atoms with E-state index in [1.807, 2.05) is 0 Å². The Kier molecular flexibility index (Phi) is 61.3. The van der Waals surface area contributed by atoms with Gasteiger partial charge in [-0.25, -0.2) is 9.13 Å². The average Bonchev–Trinajstić information content (AvgIpc) is 1.60. The molecule has 0 aromatic carbocycles. The molecule has 0 bridgehead atoms. The Labute approximate surface area is 562 Å². The molecule has 19 heteroatoms. The SMILES string of the molecule is CC(C)CCCCCCCCCCCCCCCCC(=O)O[C@H](COC(=O)CCCCCCCCCC(C)C)COP(=O)(O)OCC(O)COP(=O)(O)OC[C@@H](COC(=O)CCCCCCCCCCCCC(C)C)OC(=O)CCCCCCCCCCCC(C)C. The van der Waals surface area contributed by atoms with Crippen molar-refractivity contribution in [3.05, 3.63) is 0 Å². The number of carbonyl (C=O) groups is 4. The molecule has 0 spiro atoms. The highest BCUT2D eigenvalue weighted by atomic mass is 31.2. The van der Waals surface area contributed by atoms with Crippen LogP contribution in [0.2, 0.25) is 0 Å². The van der Waals surface area contributed by atoms with E-state index in [0.29, 0.717) is 31.6 Å². The molecule has 0 rings (SSSR count). The highest BCUT2D eigenvalue weighted by Gasteiger charge is 2.30. The molecule has 92 heavy (non-hydrogen) atoms. The number of carbonyl (C=O) groups excluding carboxylic acids is 4. The van der Waals surface area contributed by atoms with E-state index in [-0.39, 0.29) is 25.7 Å². The summed E-state index contributed by atoms with van der Waals surface area (Å²) < 4.78 is 68.4. The van der Waals surface area contributed by atoms with Gasteiger partial charge in [-0.05, 0) is 49.4 Å². The first kappa shape index (κ1) is 90.1. The smallest absolute Gasteiger partial charge is 0.462 e. The normalized spacial score (nSPS) is 14.2. The van der Waals surface area contributed by atoms with Crippen molar-refractivity contribution in [1.29, 1.82) is 0 Å². The number of hydrogen-bond donors (Lipinski definition) is 3. The molecule has 0 amide bonds. The lowest BCUT2D eigenvalue weighted by Crippen LogP contribution is -2.30. The summed E-state index contributed by atoms with van der Waals surface area (Å²) in [4.78, 5) is 72.7. The molecule has 0 saturated carbocycles. The molecular weight excluding hydrogens is 1210 g/mol. The minimum Gasteiger partial charge on any atom is -0.462 e. The Hall–Kier alpha value is -1.94. The fraction of sp³-hybridized carbons (Fsp3) is 0.945. The zero-order valence-corrected chi connectivity index (χ0v) is 62.0. The molecule has 546 valence electrons. The quantitative estimate of drug-likeness (QED) is 0.0222. The highest BCUT2D eigenvalue weighted by Crippen LogP contribution is 2.45. The summed E-state index contributed by atoms with van der Waals surface area (Å²) in [5.74, 6) is 0.869. The van der Waals surface area contributed by atoms with Crippen molar-refractivity contribution in [2.24, 2.45) is 23.7 Å². The van der Waals surface area contributed by atoms with Crippen LogP contribution in [0, 0.1) is 23.7 Å². The van der Waals surface area contributed by atoms with E-state index >= 15 is 0 Å². The van der Waals surface area contributed by atoms with Gasteiger partial charge in [0.15, 0.2) is 12.2 Å². The Morgan fingerprint density at radius 2 is 0.457 bits per heavy atom. The van der Waals surface area contributed by atoms with E-state index in [1.54, 1.807) is 0 Å². The molecule has 0 aromatic heterocycles. The third kappa shape index (κ3) is 66.7. The molecule has 0 aliphatic carbocycles. The van der Waals surface area contributed by atoms with Crippen LogP contribution < -0.4 is 0 Å². The van der Waals surface area contributed by atoms with Gasteiger partial charge in [-0.1, -0.05) is 312 Å². The number of aliphatic hydroxyl groups excluding tert-OH is 1. The first-order valence-corrected chi connectivity index (χ1v) is 40.7. The second kappa shape index (κ2) is 62.6. The maximum absolute atomic E-state index is 13.0. The Morgan fingerprint density at radius 1 is 0.272 bits per heavy atom. The number of rotatable bonds is 70. The number of phosphoric ester groups is 2. The fourth-order valence-corrected chi connectivity index (χ4v) is 12.6. The molecule has 0 aliphatic rings. The third-order valence-corrected chi connectivity index (χ3v) is 18.7. The summed E-state index contributed by atoms with van der Waals surface area (Å²) in [7, 11) is -9.91. The van der Waals surface area contributed by atoms with E-state index in [4.69, 9.17) is 37.0 Å². The largest absolute Gasteiger partial charge is 0.472 e. The lowest BCUT2D eigenvalue weighted by Gasteiger charge is -2.21. The average molecular weight is 1350 g/mol. The monoisotopic (exact) mass is 1350 g/mol.